The monoisotopic (exact) mass is 293 g/mol. The van der Waals surface area contributed by atoms with Gasteiger partial charge in [-0.3, -0.25) is 9.59 Å². The first kappa shape index (κ1) is 14.1. The highest BCUT2D eigenvalue weighted by Gasteiger charge is 2.35. The summed E-state index contributed by atoms with van der Waals surface area (Å²) in [6.07, 6.45) is 5.24. The second kappa shape index (κ2) is 6.26. The van der Waals surface area contributed by atoms with Gasteiger partial charge in [0.25, 0.3) is 0 Å². The lowest BCUT2D eigenvalue weighted by Gasteiger charge is -2.24. The first-order valence-corrected chi connectivity index (χ1v) is 7.33. The van der Waals surface area contributed by atoms with Crippen molar-refractivity contribution in [3.63, 3.8) is 0 Å². The van der Waals surface area contributed by atoms with E-state index < -0.39 is 0 Å². The lowest BCUT2D eigenvalue weighted by Crippen LogP contribution is -2.43. The molecule has 1 saturated heterocycles. The minimum absolute atomic E-state index is 0.0298. The Morgan fingerprint density at radius 2 is 2.24 bits per heavy atom. The molecule has 2 fully saturated rings. The van der Waals surface area contributed by atoms with Crippen molar-refractivity contribution in [1.29, 1.82) is 0 Å². The Labute approximate surface area is 122 Å². The first-order valence-electron chi connectivity index (χ1n) is 7.33. The van der Waals surface area contributed by atoms with Gasteiger partial charge in [0.1, 0.15) is 12.8 Å². The third kappa shape index (κ3) is 3.81. The molecule has 1 atom stereocenters. The SMILES string of the molecule is O=C(CN(CC1CCCO1)C(=O)C1CC1)Nc1ccon1. The molecule has 0 aromatic carbocycles. The number of amides is 2. The van der Waals surface area contributed by atoms with E-state index >= 15 is 0 Å². The van der Waals surface area contributed by atoms with Gasteiger partial charge in [0, 0.05) is 25.1 Å². The Bertz CT molecular complexity index is 492. The standard InChI is InChI=1S/C14H19N3O4/c18-13(15-12-5-7-21-16-12)9-17(14(19)10-3-4-10)8-11-2-1-6-20-11/h5,7,10-11H,1-4,6,8-9H2,(H,15,16,18). The molecule has 1 N–H and O–H groups in total. The van der Waals surface area contributed by atoms with Gasteiger partial charge >= 0.3 is 0 Å². The summed E-state index contributed by atoms with van der Waals surface area (Å²) in [6.45, 7) is 1.25. The topological polar surface area (TPSA) is 84.7 Å². The van der Waals surface area contributed by atoms with Gasteiger partial charge in [-0.25, -0.2) is 0 Å². The van der Waals surface area contributed by atoms with Crippen molar-refractivity contribution < 1.29 is 18.8 Å². The number of carbonyl (C=O) groups excluding carboxylic acids is 2. The number of aromatic nitrogens is 1. The molecule has 7 nitrogen and oxygen atoms in total. The van der Waals surface area contributed by atoms with E-state index in [4.69, 9.17) is 4.74 Å². The Hall–Kier alpha value is -1.89. The van der Waals surface area contributed by atoms with Gasteiger partial charge in [-0.05, 0) is 25.7 Å². The van der Waals surface area contributed by atoms with Crippen LogP contribution < -0.4 is 5.32 Å². The molecular formula is C14H19N3O4. The van der Waals surface area contributed by atoms with Crippen LogP contribution in [-0.2, 0) is 14.3 Å². The fourth-order valence-electron chi connectivity index (χ4n) is 2.49. The zero-order valence-electron chi connectivity index (χ0n) is 11.8. The Morgan fingerprint density at radius 3 is 2.86 bits per heavy atom. The Kier molecular flexibility index (Phi) is 4.19. The summed E-state index contributed by atoms with van der Waals surface area (Å²) in [5, 5.41) is 6.24. The van der Waals surface area contributed by atoms with Crippen LogP contribution in [-0.4, -0.2) is 47.7 Å². The summed E-state index contributed by atoms with van der Waals surface area (Å²) >= 11 is 0. The van der Waals surface area contributed by atoms with Crippen LogP contribution in [0.15, 0.2) is 16.9 Å². The van der Waals surface area contributed by atoms with Crippen molar-refractivity contribution in [3.05, 3.63) is 12.3 Å². The number of nitrogens with zero attached hydrogens (tertiary/aromatic N) is 2. The summed E-state index contributed by atoms with van der Waals surface area (Å²) in [7, 11) is 0. The third-order valence-corrected chi connectivity index (χ3v) is 3.73. The summed E-state index contributed by atoms with van der Waals surface area (Å²) in [6, 6.07) is 1.56. The lowest BCUT2D eigenvalue weighted by atomic mass is 10.2. The quantitative estimate of drug-likeness (QED) is 0.846. The van der Waals surface area contributed by atoms with Crippen molar-refractivity contribution in [3.8, 4) is 0 Å². The highest BCUT2D eigenvalue weighted by atomic mass is 16.5. The maximum atomic E-state index is 12.3. The number of carbonyl (C=O) groups is 2. The molecule has 21 heavy (non-hydrogen) atoms. The largest absolute Gasteiger partial charge is 0.376 e. The lowest BCUT2D eigenvalue weighted by molar-refractivity contribution is -0.137. The first-order chi connectivity index (χ1) is 10.2. The molecule has 3 rings (SSSR count). The van der Waals surface area contributed by atoms with Crippen LogP contribution in [0.4, 0.5) is 5.82 Å². The molecule has 1 saturated carbocycles. The molecule has 0 radical (unpaired) electrons. The van der Waals surface area contributed by atoms with E-state index in [1.54, 1.807) is 11.0 Å². The van der Waals surface area contributed by atoms with Crippen LogP contribution in [0.1, 0.15) is 25.7 Å². The van der Waals surface area contributed by atoms with E-state index in [2.05, 4.69) is 15.0 Å². The van der Waals surface area contributed by atoms with Gasteiger partial charge in [0.05, 0.1) is 6.10 Å². The molecular weight excluding hydrogens is 274 g/mol. The van der Waals surface area contributed by atoms with E-state index in [0.717, 1.165) is 32.3 Å². The average Bonchev–Trinajstić information content (AvgIpc) is 2.95. The number of anilines is 1. The summed E-state index contributed by atoms with van der Waals surface area (Å²) in [5.74, 6) is 0.235. The number of rotatable bonds is 6. The highest BCUT2D eigenvalue weighted by Crippen LogP contribution is 2.31. The number of ether oxygens (including phenoxy) is 1. The zero-order valence-corrected chi connectivity index (χ0v) is 11.8. The van der Waals surface area contributed by atoms with Crippen molar-refractivity contribution in [2.75, 3.05) is 25.0 Å². The summed E-state index contributed by atoms with van der Waals surface area (Å²) in [5.41, 5.74) is 0. The van der Waals surface area contributed by atoms with E-state index in [1.165, 1.54) is 6.26 Å². The fraction of sp³-hybridized carbons (Fsp3) is 0.643. The zero-order chi connectivity index (χ0) is 14.7. The minimum Gasteiger partial charge on any atom is -0.376 e. The summed E-state index contributed by atoms with van der Waals surface area (Å²) < 4.78 is 10.2. The van der Waals surface area contributed by atoms with Crippen LogP contribution in [0.2, 0.25) is 0 Å². The highest BCUT2D eigenvalue weighted by molar-refractivity contribution is 5.94. The molecule has 1 aromatic heterocycles. The van der Waals surface area contributed by atoms with Crippen molar-refractivity contribution in [2.24, 2.45) is 5.92 Å². The molecule has 114 valence electrons. The molecule has 7 heteroatoms. The smallest absolute Gasteiger partial charge is 0.245 e. The van der Waals surface area contributed by atoms with Crippen LogP contribution >= 0.6 is 0 Å². The predicted octanol–water partition coefficient (Wildman–Crippen LogP) is 1.03. The molecule has 1 aliphatic carbocycles. The van der Waals surface area contributed by atoms with Crippen LogP contribution in [0, 0.1) is 5.92 Å². The number of hydrogen-bond donors (Lipinski definition) is 1. The molecule has 1 unspecified atom stereocenters. The second-order valence-electron chi connectivity index (χ2n) is 5.56. The number of nitrogens with one attached hydrogen (secondary N) is 1. The molecule has 0 spiro atoms. The van der Waals surface area contributed by atoms with E-state index in [1.807, 2.05) is 0 Å². The average molecular weight is 293 g/mol. The Morgan fingerprint density at radius 1 is 1.38 bits per heavy atom. The van der Waals surface area contributed by atoms with Crippen molar-refractivity contribution in [1.82, 2.24) is 10.1 Å². The normalized spacial score (nSPS) is 21.2. The van der Waals surface area contributed by atoms with Crippen LogP contribution in [0.25, 0.3) is 0 Å². The number of hydrogen-bond acceptors (Lipinski definition) is 5. The van der Waals surface area contributed by atoms with Gasteiger partial charge in [-0.15, -0.1) is 0 Å². The molecule has 1 aromatic rings. The van der Waals surface area contributed by atoms with Crippen molar-refractivity contribution in [2.45, 2.75) is 31.8 Å². The summed E-state index contributed by atoms with van der Waals surface area (Å²) in [4.78, 5) is 25.9. The molecule has 2 amide bonds. The third-order valence-electron chi connectivity index (χ3n) is 3.73. The maximum Gasteiger partial charge on any atom is 0.245 e. The maximum absolute atomic E-state index is 12.3. The van der Waals surface area contributed by atoms with Gasteiger partial charge < -0.3 is 19.5 Å². The van der Waals surface area contributed by atoms with E-state index in [9.17, 15) is 9.59 Å². The molecule has 2 aliphatic rings. The van der Waals surface area contributed by atoms with E-state index in [0.29, 0.717) is 12.4 Å². The van der Waals surface area contributed by atoms with Crippen molar-refractivity contribution >= 4 is 17.6 Å². The van der Waals surface area contributed by atoms with E-state index in [-0.39, 0.29) is 30.4 Å². The molecule has 0 bridgehead atoms. The van der Waals surface area contributed by atoms with Gasteiger partial charge in [0.2, 0.25) is 11.8 Å². The van der Waals surface area contributed by atoms with Gasteiger partial charge in [0.15, 0.2) is 5.82 Å². The molecule has 2 heterocycles. The fourth-order valence-corrected chi connectivity index (χ4v) is 2.49. The van der Waals surface area contributed by atoms with Gasteiger partial charge in [-0.1, -0.05) is 5.16 Å². The van der Waals surface area contributed by atoms with Crippen LogP contribution in [0.5, 0.6) is 0 Å². The molecule has 1 aliphatic heterocycles. The second-order valence-corrected chi connectivity index (χ2v) is 5.56. The Balaban J connectivity index is 1.57. The predicted molar refractivity (Wildman–Crippen MR) is 73.4 cm³/mol. The van der Waals surface area contributed by atoms with Gasteiger partial charge in [-0.2, -0.15) is 0 Å². The van der Waals surface area contributed by atoms with Crippen LogP contribution in [0.3, 0.4) is 0 Å². The minimum atomic E-state index is -0.268.